The average molecular weight is 593 g/mol. The molecule has 7 nitrogen and oxygen atoms in total. The lowest BCUT2D eigenvalue weighted by molar-refractivity contribution is -0.384. The Bertz CT molecular complexity index is 1350. The van der Waals surface area contributed by atoms with Crippen molar-refractivity contribution in [2.24, 2.45) is 0 Å². The van der Waals surface area contributed by atoms with Crippen molar-refractivity contribution in [3.63, 3.8) is 0 Å². The number of ether oxygens (including phenoxy) is 1. The van der Waals surface area contributed by atoms with E-state index in [2.05, 4.69) is 5.32 Å². The molecular weight excluding hydrogens is 578 g/mol. The fourth-order valence-corrected chi connectivity index (χ4v) is 3.63. The van der Waals surface area contributed by atoms with Gasteiger partial charge in [0.15, 0.2) is 0 Å². The number of nitro benzene ring substituents is 1. The number of rotatable bonds is 7. The summed E-state index contributed by atoms with van der Waals surface area (Å²) in [7, 11) is 0. The number of halogens is 4. The maximum atomic E-state index is 12.9. The molecule has 0 saturated heterocycles. The number of anilines is 1. The van der Waals surface area contributed by atoms with Crippen LogP contribution in [-0.4, -0.2) is 10.8 Å². The molecule has 0 aliphatic rings. The van der Waals surface area contributed by atoms with Gasteiger partial charge in [-0.2, -0.15) is 18.4 Å². The van der Waals surface area contributed by atoms with Gasteiger partial charge in [-0.05, 0) is 70.1 Å². The molecule has 0 aliphatic heterocycles. The molecule has 3 aromatic carbocycles. The summed E-state index contributed by atoms with van der Waals surface area (Å²) in [5.74, 6) is -0.367. The Morgan fingerprint density at radius 1 is 1.14 bits per heavy atom. The van der Waals surface area contributed by atoms with Crippen molar-refractivity contribution in [3.05, 3.63) is 103 Å². The zero-order chi connectivity index (χ0) is 25.6. The Balaban J connectivity index is 1.72. The maximum Gasteiger partial charge on any atom is 0.416 e. The monoisotopic (exact) mass is 593 g/mol. The van der Waals surface area contributed by atoms with E-state index in [9.17, 15) is 33.3 Å². The molecule has 0 aliphatic carbocycles. The lowest BCUT2D eigenvalue weighted by Gasteiger charge is -2.10. The molecule has 0 aromatic heterocycles. The molecule has 35 heavy (non-hydrogen) atoms. The van der Waals surface area contributed by atoms with Crippen molar-refractivity contribution >= 4 is 45.9 Å². The summed E-state index contributed by atoms with van der Waals surface area (Å²) in [6.07, 6.45) is -3.26. The Kier molecular flexibility index (Phi) is 8.08. The molecule has 0 spiro atoms. The van der Waals surface area contributed by atoms with Crippen LogP contribution in [-0.2, 0) is 17.6 Å². The van der Waals surface area contributed by atoms with Crippen molar-refractivity contribution in [1.29, 1.82) is 5.26 Å². The summed E-state index contributed by atoms with van der Waals surface area (Å²) in [6, 6.07) is 16.8. The third-order valence-electron chi connectivity index (χ3n) is 4.60. The quantitative estimate of drug-likeness (QED) is 0.113. The second kappa shape index (κ2) is 11.0. The van der Waals surface area contributed by atoms with Gasteiger partial charge in [-0.15, -0.1) is 0 Å². The van der Waals surface area contributed by atoms with Gasteiger partial charge in [0.2, 0.25) is 0 Å². The Hall–Kier alpha value is -3.92. The topological polar surface area (TPSA) is 105 Å². The van der Waals surface area contributed by atoms with Crippen LogP contribution < -0.4 is 10.1 Å². The number of carbonyl (C=O) groups is 1. The van der Waals surface area contributed by atoms with Gasteiger partial charge in [-0.3, -0.25) is 14.9 Å². The van der Waals surface area contributed by atoms with E-state index < -0.39 is 22.6 Å². The van der Waals surface area contributed by atoms with Gasteiger partial charge in [-0.25, -0.2) is 0 Å². The third-order valence-corrected chi connectivity index (χ3v) is 5.44. The van der Waals surface area contributed by atoms with Crippen molar-refractivity contribution in [3.8, 4) is 11.8 Å². The van der Waals surface area contributed by atoms with Gasteiger partial charge in [0.05, 0.1) is 14.1 Å². The molecule has 0 saturated carbocycles. The number of nitro groups is 1. The van der Waals surface area contributed by atoms with E-state index in [4.69, 9.17) is 4.74 Å². The van der Waals surface area contributed by atoms with Crippen LogP contribution in [0.25, 0.3) is 6.08 Å². The van der Waals surface area contributed by atoms with Crippen LogP contribution in [0.4, 0.5) is 24.5 Å². The summed E-state index contributed by atoms with van der Waals surface area (Å²) in [5, 5.41) is 22.6. The number of nitriles is 1. The minimum absolute atomic E-state index is 0.0475. The first-order valence-corrected chi connectivity index (χ1v) is 10.9. The molecule has 3 rings (SSSR count). The first kappa shape index (κ1) is 25.7. The van der Waals surface area contributed by atoms with Crippen molar-refractivity contribution in [2.45, 2.75) is 12.8 Å². The second-order valence-corrected chi connectivity index (χ2v) is 8.27. The number of benzene rings is 3. The number of non-ortho nitro benzene ring substituents is 1. The molecule has 0 fully saturated rings. The molecule has 3 aromatic rings. The van der Waals surface area contributed by atoms with Crippen molar-refractivity contribution < 1.29 is 27.6 Å². The minimum Gasteiger partial charge on any atom is -0.488 e. The number of nitrogens with one attached hydrogen (secondary N) is 1. The molecule has 0 radical (unpaired) electrons. The standard InChI is InChI=1S/C24H15F3IN3O4/c25-24(26,27)18-4-2-5-19(12-18)30-23(32)17(13-29)9-15-7-8-22(21(28)11-15)35-14-16-3-1-6-20(10-16)31(33)34/h1-12H,14H2,(H,30,32)/b17-9-. The summed E-state index contributed by atoms with van der Waals surface area (Å²) in [6.45, 7) is 0.0930. The van der Waals surface area contributed by atoms with Gasteiger partial charge in [0.25, 0.3) is 11.6 Å². The second-order valence-electron chi connectivity index (χ2n) is 7.11. The van der Waals surface area contributed by atoms with Crippen LogP contribution in [0.5, 0.6) is 5.75 Å². The number of hydrogen-bond acceptors (Lipinski definition) is 5. The van der Waals surface area contributed by atoms with Crippen LogP contribution in [0, 0.1) is 25.0 Å². The zero-order valence-electron chi connectivity index (χ0n) is 17.7. The first-order chi connectivity index (χ1) is 16.6. The Morgan fingerprint density at radius 2 is 1.89 bits per heavy atom. The summed E-state index contributed by atoms with van der Waals surface area (Å²) < 4.78 is 45.0. The third kappa shape index (κ3) is 7.03. The lowest BCUT2D eigenvalue weighted by atomic mass is 10.1. The minimum atomic E-state index is -4.57. The van der Waals surface area contributed by atoms with Crippen LogP contribution >= 0.6 is 22.6 Å². The summed E-state index contributed by atoms with van der Waals surface area (Å²) in [5.41, 5.74) is -0.263. The zero-order valence-corrected chi connectivity index (χ0v) is 19.8. The number of nitrogens with zero attached hydrogens (tertiary/aromatic N) is 2. The molecule has 1 amide bonds. The predicted octanol–water partition coefficient (Wildman–Crippen LogP) is 6.34. The van der Waals surface area contributed by atoms with E-state index in [0.717, 1.165) is 18.2 Å². The summed E-state index contributed by atoms with van der Waals surface area (Å²) in [4.78, 5) is 22.8. The van der Waals surface area contributed by atoms with E-state index >= 15 is 0 Å². The molecule has 0 bridgehead atoms. The van der Waals surface area contributed by atoms with E-state index in [1.54, 1.807) is 36.4 Å². The van der Waals surface area contributed by atoms with Gasteiger partial charge in [0, 0.05) is 17.8 Å². The van der Waals surface area contributed by atoms with Gasteiger partial charge in [0.1, 0.15) is 24.0 Å². The molecular formula is C24H15F3IN3O4. The Labute approximate surface area is 211 Å². The summed E-state index contributed by atoms with van der Waals surface area (Å²) >= 11 is 2.00. The smallest absolute Gasteiger partial charge is 0.416 e. The largest absolute Gasteiger partial charge is 0.488 e. The number of alkyl halides is 3. The van der Waals surface area contributed by atoms with E-state index in [-0.39, 0.29) is 23.6 Å². The van der Waals surface area contributed by atoms with E-state index in [1.165, 1.54) is 24.3 Å². The van der Waals surface area contributed by atoms with E-state index in [1.807, 2.05) is 22.6 Å². The lowest BCUT2D eigenvalue weighted by Crippen LogP contribution is -2.14. The number of hydrogen-bond donors (Lipinski definition) is 1. The van der Waals surface area contributed by atoms with E-state index in [0.29, 0.717) is 20.4 Å². The first-order valence-electron chi connectivity index (χ1n) is 9.83. The molecule has 0 unspecified atom stereocenters. The highest BCUT2D eigenvalue weighted by Gasteiger charge is 2.30. The molecule has 11 heteroatoms. The number of carbonyl (C=O) groups excluding carboxylic acids is 1. The average Bonchev–Trinajstić information content (AvgIpc) is 2.81. The van der Waals surface area contributed by atoms with Crippen molar-refractivity contribution in [1.82, 2.24) is 0 Å². The highest BCUT2D eigenvalue weighted by Crippen LogP contribution is 2.31. The fourth-order valence-electron chi connectivity index (χ4n) is 2.93. The molecule has 0 heterocycles. The maximum absolute atomic E-state index is 12.9. The van der Waals surface area contributed by atoms with Crippen molar-refractivity contribution in [2.75, 3.05) is 5.32 Å². The Morgan fingerprint density at radius 3 is 2.54 bits per heavy atom. The van der Waals surface area contributed by atoms with Crippen LogP contribution in [0.1, 0.15) is 16.7 Å². The van der Waals surface area contributed by atoms with Gasteiger partial charge >= 0.3 is 6.18 Å². The highest BCUT2D eigenvalue weighted by atomic mass is 127. The molecule has 1 N–H and O–H groups in total. The fraction of sp³-hybridized carbons (Fsp3) is 0.0833. The number of amides is 1. The normalized spacial score (nSPS) is 11.5. The van der Waals surface area contributed by atoms with Gasteiger partial charge in [-0.1, -0.05) is 24.3 Å². The SMILES string of the molecule is N#C/C(=C/c1ccc(OCc2cccc([N+](=O)[O-])c2)c(I)c1)C(=O)Nc1cccc(C(F)(F)F)c1. The molecule has 178 valence electrons. The molecule has 0 atom stereocenters. The highest BCUT2D eigenvalue weighted by molar-refractivity contribution is 14.1. The van der Waals surface area contributed by atoms with Crippen LogP contribution in [0.2, 0.25) is 0 Å². The van der Waals surface area contributed by atoms with Crippen LogP contribution in [0.15, 0.2) is 72.3 Å². The van der Waals surface area contributed by atoms with Crippen LogP contribution in [0.3, 0.4) is 0 Å². The van der Waals surface area contributed by atoms with Gasteiger partial charge < -0.3 is 10.1 Å². The predicted molar refractivity (Wildman–Crippen MR) is 130 cm³/mol.